The first-order valence-corrected chi connectivity index (χ1v) is 4.43. The first kappa shape index (κ1) is 9.27. The summed E-state index contributed by atoms with van der Waals surface area (Å²) in [5, 5.41) is 11.7. The summed E-state index contributed by atoms with van der Waals surface area (Å²) in [5.74, 6) is -1.44. The summed E-state index contributed by atoms with van der Waals surface area (Å²) in [4.78, 5) is 10.6. The number of aliphatic carboxylic acids is 1. The second-order valence-electron chi connectivity index (χ2n) is 3.15. The van der Waals surface area contributed by atoms with Crippen LogP contribution < -0.4 is 5.32 Å². The van der Waals surface area contributed by atoms with Gasteiger partial charge in [-0.05, 0) is 12.1 Å². The minimum atomic E-state index is -0.989. The van der Waals surface area contributed by atoms with Gasteiger partial charge in [0.05, 0.1) is 0 Å². The third-order valence-corrected chi connectivity index (χ3v) is 2.41. The monoisotopic (exact) mass is 215 g/mol. The Balaban J connectivity index is 2.39. The van der Waals surface area contributed by atoms with Crippen molar-refractivity contribution in [1.29, 1.82) is 0 Å². The Morgan fingerprint density at radius 3 is 3.00 bits per heavy atom. The summed E-state index contributed by atoms with van der Waals surface area (Å²) in [6.07, 6.45) is 0.160. The lowest BCUT2D eigenvalue weighted by atomic mass is 10.1. The van der Waals surface area contributed by atoms with Gasteiger partial charge < -0.3 is 10.4 Å². The number of anilines is 1. The number of nitrogens with one attached hydrogen (secondary N) is 1. The van der Waals surface area contributed by atoms with Gasteiger partial charge in [0.25, 0.3) is 0 Å². The largest absolute Gasteiger partial charge is 0.480 e. The molecule has 2 N–H and O–H groups in total. The average molecular weight is 216 g/mol. The molecule has 0 saturated heterocycles. The molecular formula is C9H7ClFNO2. The Kier molecular flexibility index (Phi) is 2.07. The van der Waals surface area contributed by atoms with E-state index in [9.17, 15) is 9.18 Å². The molecule has 1 aromatic rings. The normalized spacial score (nSPS) is 18.9. The fourth-order valence-corrected chi connectivity index (χ4v) is 1.74. The maximum Gasteiger partial charge on any atom is 0.326 e. The third kappa shape index (κ3) is 1.42. The number of halogens is 2. The fraction of sp³-hybridized carbons (Fsp3) is 0.222. The molecule has 1 aromatic carbocycles. The predicted octanol–water partition coefficient (Wildman–Crippen LogP) is 1.90. The van der Waals surface area contributed by atoms with E-state index in [1.165, 1.54) is 12.1 Å². The molecular weight excluding hydrogens is 209 g/mol. The maximum absolute atomic E-state index is 13.3. The summed E-state index contributed by atoms with van der Waals surface area (Å²) in [7, 11) is 0. The fourth-order valence-electron chi connectivity index (χ4n) is 1.53. The second-order valence-corrected chi connectivity index (χ2v) is 3.59. The van der Waals surface area contributed by atoms with E-state index in [0.29, 0.717) is 11.3 Å². The molecule has 1 atom stereocenters. The van der Waals surface area contributed by atoms with E-state index in [1.54, 1.807) is 0 Å². The number of fused-ring (bicyclic) bond motifs is 1. The van der Waals surface area contributed by atoms with Gasteiger partial charge >= 0.3 is 5.97 Å². The molecule has 74 valence electrons. The number of hydrogen-bond donors (Lipinski definition) is 2. The molecule has 0 amide bonds. The van der Waals surface area contributed by atoms with Crippen LogP contribution in [-0.4, -0.2) is 17.1 Å². The van der Waals surface area contributed by atoms with Crippen LogP contribution in [-0.2, 0) is 11.2 Å². The van der Waals surface area contributed by atoms with Gasteiger partial charge in [0.2, 0.25) is 0 Å². The lowest BCUT2D eigenvalue weighted by Crippen LogP contribution is -2.26. The van der Waals surface area contributed by atoms with Crippen molar-refractivity contribution in [3.05, 3.63) is 28.5 Å². The Labute approximate surface area is 84.5 Å². The van der Waals surface area contributed by atoms with Crippen molar-refractivity contribution >= 4 is 23.3 Å². The lowest BCUT2D eigenvalue weighted by molar-refractivity contribution is -0.137. The number of benzene rings is 1. The Morgan fingerprint density at radius 1 is 1.64 bits per heavy atom. The minimum absolute atomic E-state index is 0.160. The number of carbonyl (C=O) groups is 1. The molecule has 1 heterocycles. The Bertz CT molecular complexity index is 408. The number of carboxylic acids is 1. The van der Waals surface area contributed by atoms with E-state index in [2.05, 4.69) is 5.32 Å². The predicted molar refractivity (Wildman–Crippen MR) is 50.2 cm³/mol. The van der Waals surface area contributed by atoms with Gasteiger partial charge in [0, 0.05) is 22.7 Å². The molecule has 0 bridgehead atoms. The Hall–Kier alpha value is -1.29. The lowest BCUT2D eigenvalue weighted by Gasteiger charge is -2.03. The maximum atomic E-state index is 13.3. The zero-order valence-corrected chi connectivity index (χ0v) is 7.81. The van der Waals surface area contributed by atoms with E-state index in [1.807, 2.05) is 0 Å². The van der Waals surface area contributed by atoms with Crippen LogP contribution in [0.15, 0.2) is 12.1 Å². The van der Waals surface area contributed by atoms with Gasteiger partial charge in [0.15, 0.2) is 0 Å². The quantitative estimate of drug-likeness (QED) is 0.752. The molecule has 0 spiro atoms. The van der Waals surface area contributed by atoms with Crippen molar-refractivity contribution < 1.29 is 14.3 Å². The smallest absolute Gasteiger partial charge is 0.326 e. The van der Waals surface area contributed by atoms with Gasteiger partial charge in [0.1, 0.15) is 11.9 Å². The van der Waals surface area contributed by atoms with Crippen LogP contribution in [0.5, 0.6) is 0 Å². The molecule has 1 aliphatic heterocycles. The molecule has 5 heteroatoms. The molecule has 0 radical (unpaired) electrons. The topological polar surface area (TPSA) is 49.3 Å². The molecule has 14 heavy (non-hydrogen) atoms. The SMILES string of the molecule is O=C(O)C1Cc2c(F)cc(Cl)cc2N1. The molecule has 0 aliphatic carbocycles. The van der Waals surface area contributed by atoms with E-state index in [-0.39, 0.29) is 11.4 Å². The van der Waals surface area contributed by atoms with E-state index in [4.69, 9.17) is 16.7 Å². The highest BCUT2D eigenvalue weighted by atomic mass is 35.5. The standard InChI is InChI=1S/C9H7ClFNO2/c10-4-1-6(11)5-3-8(9(13)14)12-7(5)2-4/h1-2,8,12H,3H2,(H,13,14). The van der Waals surface area contributed by atoms with Gasteiger partial charge in [-0.25, -0.2) is 9.18 Å². The summed E-state index contributed by atoms with van der Waals surface area (Å²) in [6, 6.07) is 1.97. The van der Waals surface area contributed by atoms with Gasteiger partial charge in [-0.15, -0.1) is 0 Å². The van der Waals surface area contributed by atoms with Gasteiger partial charge in [-0.1, -0.05) is 11.6 Å². The summed E-state index contributed by atoms with van der Waals surface area (Å²) < 4.78 is 13.3. The summed E-state index contributed by atoms with van der Waals surface area (Å²) in [5.41, 5.74) is 0.865. The van der Waals surface area contributed by atoms with Crippen LogP contribution in [0.1, 0.15) is 5.56 Å². The van der Waals surface area contributed by atoms with Crippen molar-refractivity contribution in [1.82, 2.24) is 0 Å². The third-order valence-electron chi connectivity index (χ3n) is 2.20. The average Bonchev–Trinajstić information content (AvgIpc) is 2.47. The summed E-state index contributed by atoms with van der Waals surface area (Å²) >= 11 is 5.63. The highest BCUT2D eigenvalue weighted by molar-refractivity contribution is 6.30. The van der Waals surface area contributed by atoms with E-state index in [0.717, 1.165) is 0 Å². The first-order valence-electron chi connectivity index (χ1n) is 4.05. The highest BCUT2D eigenvalue weighted by Crippen LogP contribution is 2.31. The zero-order chi connectivity index (χ0) is 10.3. The molecule has 0 fully saturated rings. The van der Waals surface area contributed by atoms with Crippen molar-refractivity contribution in [2.24, 2.45) is 0 Å². The molecule has 1 aliphatic rings. The van der Waals surface area contributed by atoms with Crippen LogP contribution in [0.25, 0.3) is 0 Å². The molecule has 1 unspecified atom stereocenters. The van der Waals surface area contributed by atoms with Gasteiger partial charge in [-0.3, -0.25) is 0 Å². The first-order chi connectivity index (χ1) is 6.58. The summed E-state index contributed by atoms with van der Waals surface area (Å²) in [6.45, 7) is 0. The van der Waals surface area contributed by atoms with Crippen LogP contribution in [0.4, 0.5) is 10.1 Å². The Morgan fingerprint density at radius 2 is 2.36 bits per heavy atom. The van der Waals surface area contributed by atoms with Crippen LogP contribution in [0.2, 0.25) is 5.02 Å². The molecule has 3 nitrogen and oxygen atoms in total. The van der Waals surface area contributed by atoms with E-state index >= 15 is 0 Å². The van der Waals surface area contributed by atoms with Crippen LogP contribution in [0.3, 0.4) is 0 Å². The minimum Gasteiger partial charge on any atom is -0.480 e. The highest BCUT2D eigenvalue weighted by Gasteiger charge is 2.28. The zero-order valence-electron chi connectivity index (χ0n) is 7.05. The van der Waals surface area contributed by atoms with Crippen LogP contribution >= 0.6 is 11.6 Å². The van der Waals surface area contributed by atoms with Crippen molar-refractivity contribution in [3.63, 3.8) is 0 Å². The second kappa shape index (κ2) is 3.13. The molecule has 2 rings (SSSR count). The molecule has 0 saturated carbocycles. The van der Waals surface area contributed by atoms with Crippen molar-refractivity contribution in [3.8, 4) is 0 Å². The van der Waals surface area contributed by atoms with Crippen molar-refractivity contribution in [2.75, 3.05) is 5.32 Å². The van der Waals surface area contributed by atoms with Crippen LogP contribution in [0, 0.1) is 5.82 Å². The number of hydrogen-bond acceptors (Lipinski definition) is 2. The van der Waals surface area contributed by atoms with E-state index < -0.39 is 17.8 Å². The molecule has 0 aromatic heterocycles. The number of carboxylic acid groups (broad SMARTS) is 1. The number of rotatable bonds is 1. The van der Waals surface area contributed by atoms with Crippen molar-refractivity contribution in [2.45, 2.75) is 12.5 Å². The van der Waals surface area contributed by atoms with Gasteiger partial charge in [-0.2, -0.15) is 0 Å².